The van der Waals surface area contributed by atoms with Gasteiger partial charge in [0.25, 0.3) is 0 Å². The van der Waals surface area contributed by atoms with Crippen LogP contribution in [0, 0.1) is 11.3 Å². The quantitative estimate of drug-likeness (QED) is 0.621. The summed E-state index contributed by atoms with van der Waals surface area (Å²) in [5.41, 5.74) is 9.37. The molecule has 0 aliphatic carbocycles. The minimum absolute atomic E-state index is 0.0198. The smallest absolute Gasteiger partial charge is 0.244 e. The summed E-state index contributed by atoms with van der Waals surface area (Å²) < 4.78 is 17.0. The first-order valence-electron chi connectivity index (χ1n) is 9.22. The van der Waals surface area contributed by atoms with Gasteiger partial charge in [-0.1, -0.05) is 48.0 Å². The fraction of sp³-hybridized carbons (Fsp3) is 0.182. The van der Waals surface area contributed by atoms with Crippen molar-refractivity contribution >= 4 is 11.6 Å². The lowest BCUT2D eigenvalue weighted by atomic mass is 9.83. The molecule has 3 N–H and O–H groups in total. The second kappa shape index (κ2) is 8.49. The van der Waals surface area contributed by atoms with Crippen molar-refractivity contribution in [3.63, 3.8) is 0 Å². The van der Waals surface area contributed by atoms with E-state index in [1.54, 1.807) is 7.11 Å². The van der Waals surface area contributed by atoms with E-state index in [0.29, 0.717) is 27.9 Å². The zero-order valence-corrected chi connectivity index (χ0v) is 16.9. The van der Waals surface area contributed by atoms with Gasteiger partial charge in [-0.2, -0.15) is 5.26 Å². The molecule has 2 heterocycles. The molecule has 1 aromatic heterocycles. The fourth-order valence-electron chi connectivity index (χ4n) is 3.50. The van der Waals surface area contributed by atoms with Crippen LogP contribution in [0.15, 0.2) is 60.0 Å². The topological polar surface area (TPSA) is 106 Å². The zero-order chi connectivity index (χ0) is 21.1. The summed E-state index contributed by atoms with van der Waals surface area (Å²) in [7, 11) is 1.59. The van der Waals surface area contributed by atoms with Gasteiger partial charge in [0.1, 0.15) is 24.0 Å². The highest BCUT2D eigenvalue weighted by Crippen LogP contribution is 2.45. The largest absolute Gasteiger partial charge is 0.489 e. The molecule has 1 atom stereocenters. The molecule has 8 heteroatoms. The third-order valence-corrected chi connectivity index (χ3v) is 5.25. The minimum Gasteiger partial charge on any atom is -0.489 e. The van der Waals surface area contributed by atoms with Gasteiger partial charge >= 0.3 is 0 Å². The molecule has 1 aliphatic rings. The molecule has 0 spiro atoms. The van der Waals surface area contributed by atoms with Crippen LogP contribution in [0.4, 0.5) is 0 Å². The van der Waals surface area contributed by atoms with Crippen molar-refractivity contribution in [2.75, 3.05) is 7.11 Å². The molecule has 0 saturated heterocycles. The number of hydrogen-bond donors (Lipinski definition) is 2. The second-order valence-electron chi connectivity index (χ2n) is 6.70. The Kier molecular flexibility index (Phi) is 5.61. The minimum atomic E-state index is -0.509. The van der Waals surface area contributed by atoms with Gasteiger partial charge in [-0.05, 0) is 12.1 Å². The molecule has 7 nitrogen and oxygen atoms in total. The van der Waals surface area contributed by atoms with E-state index in [4.69, 9.17) is 31.5 Å². The number of fused-ring (bicyclic) bond motifs is 1. The number of aromatic nitrogens is 2. The van der Waals surface area contributed by atoms with Gasteiger partial charge in [-0.3, -0.25) is 5.10 Å². The number of aromatic amines is 1. The molecule has 0 unspecified atom stereocenters. The second-order valence-corrected chi connectivity index (χ2v) is 7.10. The molecule has 4 rings (SSSR count). The summed E-state index contributed by atoms with van der Waals surface area (Å²) in [4.78, 5) is 0. The molecule has 0 radical (unpaired) electrons. The Balaban J connectivity index is 1.77. The van der Waals surface area contributed by atoms with E-state index in [1.165, 1.54) is 0 Å². The first-order chi connectivity index (χ1) is 14.6. The van der Waals surface area contributed by atoms with Gasteiger partial charge in [-0.15, -0.1) is 5.10 Å². The lowest BCUT2D eigenvalue weighted by Crippen LogP contribution is -2.21. The lowest BCUT2D eigenvalue weighted by Gasteiger charge is -2.25. The summed E-state index contributed by atoms with van der Waals surface area (Å²) in [6.45, 7) is 0.563. The number of para-hydroxylation sites is 1. The van der Waals surface area contributed by atoms with Gasteiger partial charge < -0.3 is 19.9 Å². The first-order valence-corrected chi connectivity index (χ1v) is 9.60. The number of nitrogens with two attached hydrogens (primary N) is 1. The number of nitriles is 1. The van der Waals surface area contributed by atoms with E-state index in [1.807, 2.05) is 48.5 Å². The third-order valence-electron chi connectivity index (χ3n) is 4.88. The van der Waals surface area contributed by atoms with E-state index < -0.39 is 5.92 Å². The van der Waals surface area contributed by atoms with Crippen LogP contribution < -0.4 is 15.2 Å². The van der Waals surface area contributed by atoms with E-state index in [9.17, 15) is 5.26 Å². The van der Waals surface area contributed by atoms with E-state index >= 15 is 0 Å². The molecule has 0 saturated carbocycles. The number of ether oxygens (including phenoxy) is 3. The SMILES string of the molecule is COCc1[nH]nc2c1[C@@H](c1ccccc1OCc1ccccc1Cl)C(C#N)=C(N)O2. The fourth-order valence-corrected chi connectivity index (χ4v) is 3.69. The Labute approximate surface area is 178 Å². The number of nitrogens with zero attached hydrogens (tertiary/aromatic N) is 2. The molecule has 0 amide bonds. The highest BCUT2D eigenvalue weighted by molar-refractivity contribution is 6.31. The molecule has 0 fully saturated rings. The Morgan fingerprint density at radius 2 is 1.97 bits per heavy atom. The number of hydrogen-bond acceptors (Lipinski definition) is 6. The van der Waals surface area contributed by atoms with Crippen molar-refractivity contribution in [1.82, 2.24) is 10.2 Å². The first kappa shape index (κ1) is 19.8. The van der Waals surface area contributed by atoms with Crippen LogP contribution in [0.3, 0.4) is 0 Å². The number of rotatable bonds is 6. The molecule has 152 valence electrons. The molecule has 0 bridgehead atoms. The van der Waals surface area contributed by atoms with Crippen LogP contribution in [0.25, 0.3) is 0 Å². The zero-order valence-electron chi connectivity index (χ0n) is 16.2. The monoisotopic (exact) mass is 422 g/mol. The average molecular weight is 423 g/mol. The maximum atomic E-state index is 9.82. The number of H-pyrrole nitrogens is 1. The van der Waals surface area contributed by atoms with Gasteiger partial charge in [-0.25, -0.2) is 0 Å². The average Bonchev–Trinajstić information content (AvgIpc) is 3.15. The van der Waals surface area contributed by atoms with Gasteiger partial charge in [0.05, 0.1) is 23.8 Å². The Morgan fingerprint density at radius 3 is 2.73 bits per heavy atom. The van der Waals surface area contributed by atoms with Crippen LogP contribution in [0.1, 0.15) is 28.3 Å². The number of nitrogens with one attached hydrogen (secondary N) is 1. The molecule has 30 heavy (non-hydrogen) atoms. The highest BCUT2D eigenvalue weighted by Gasteiger charge is 2.36. The number of halogens is 1. The van der Waals surface area contributed by atoms with Gasteiger partial charge in [0, 0.05) is 23.3 Å². The van der Waals surface area contributed by atoms with Crippen molar-refractivity contribution in [2.45, 2.75) is 19.1 Å². The maximum Gasteiger partial charge on any atom is 0.244 e. The number of benzene rings is 2. The Hall–Kier alpha value is -3.47. The van der Waals surface area contributed by atoms with E-state index in [2.05, 4.69) is 16.3 Å². The Bertz CT molecular complexity index is 1150. The Morgan fingerprint density at radius 1 is 1.20 bits per heavy atom. The third kappa shape index (κ3) is 3.59. The van der Waals surface area contributed by atoms with Crippen molar-refractivity contribution in [3.05, 3.63) is 87.4 Å². The highest BCUT2D eigenvalue weighted by atomic mass is 35.5. The summed E-state index contributed by atoms with van der Waals surface area (Å²) in [5, 5.41) is 17.6. The van der Waals surface area contributed by atoms with Crippen LogP contribution >= 0.6 is 11.6 Å². The molecule has 1 aliphatic heterocycles. The van der Waals surface area contributed by atoms with E-state index in [0.717, 1.165) is 11.1 Å². The standard InChI is InChI=1S/C22H19ClN4O3/c1-28-12-17-20-19(15(10-24)21(25)30-22(20)27-26-17)14-7-3-5-9-18(14)29-11-13-6-2-4-8-16(13)23/h2-9,19H,11-12,25H2,1H3,(H,26,27)/t19-/m0/s1. The predicted molar refractivity (Wildman–Crippen MR) is 111 cm³/mol. The van der Waals surface area contributed by atoms with Crippen LogP contribution in [0.2, 0.25) is 5.02 Å². The molecular weight excluding hydrogens is 404 g/mol. The van der Waals surface area contributed by atoms with Crippen LogP contribution in [0.5, 0.6) is 11.6 Å². The van der Waals surface area contributed by atoms with Gasteiger partial charge in [0.2, 0.25) is 11.8 Å². The van der Waals surface area contributed by atoms with Crippen molar-refractivity contribution < 1.29 is 14.2 Å². The van der Waals surface area contributed by atoms with Crippen LogP contribution in [-0.2, 0) is 18.0 Å². The lowest BCUT2D eigenvalue weighted by molar-refractivity contribution is 0.180. The van der Waals surface area contributed by atoms with Gasteiger partial charge in [0.15, 0.2) is 0 Å². The normalized spacial score (nSPS) is 15.3. The van der Waals surface area contributed by atoms with Crippen molar-refractivity contribution in [1.29, 1.82) is 5.26 Å². The van der Waals surface area contributed by atoms with E-state index in [-0.39, 0.29) is 24.7 Å². The maximum absolute atomic E-state index is 9.82. The van der Waals surface area contributed by atoms with Crippen molar-refractivity contribution in [2.24, 2.45) is 5.73 Å². The number of methoxy groups -OCH3 is 1. The summed E-state index contributed by atoms with van der Waals surface area (Å²) in [6.07, 6.45) is 0. The summed E-state index contributed by atoms with van der Waals surface area (Å²) in [5.74, 6) is 0.446. The van der Waals surface area contributed by atoms with Crippen LogP contribution in [-0.4, -0.2) is 17.3 Å². The summed E-state index contributed by atoms with van der Waals surface area (Å²) in [6, 6.07) is 17.2. The molecule has 3 aromatic rings. The number of allylic oxidation sites excluding steroid dienone is 1. The predicted octanol–water partition coefficient (Wildman–Crippen LogP) is 4.01. The molecular formula is C22H19ClN4O3. The van der Waals surface area contributed by atoms with Crippen molar-refractivity contribution in [3.8, 4) is 17.7 Å². The summed E-state index contributed by atoms with van der Waals surface area (Å²) >= 11 is 6.26. The molecule has 2 aromatic carbocycles.